The molecule has 2 heteroatoms. The number of hydrogen-bond acceptors (Lipinski definition) is 2. The molecule has 1 atom stereocenters. The van der Waals surface area contributed by atoms with E-state index in [1.807, 2.05) is 0 Å². The molecule has 1 rings (SSSR count). The van der Waals surface area contributed by atoms with E-state index in [1.54, 1.807) is 0 Å². The molecule has 0 saturated heterocycles. The van der Waals surface area contributed by atoms with Crippen LogP contribution in [-0.2, 0) is 0 Å². The molecule has 0 N–H and O–H groups in total. The number of rotatable bonds is 23. The van der Waals surface area contributed by atoms with E-state index in [2.05, 4.69) is 43.0 Å². The zero-order valence-electron chi connectivity index (χ0n) is 21.9. The lowest BCUT2D eigenvalue weighted by molar-refractivity contribution is 0.135. The van der Waals surface area contributed by atoms with Gasteiger partial charge in [0, 0.05) is 25.5 Å². The molecule has 0 amide bonds. The lowest BCUT2D eigenvalue weighted by Crippen LogP contribution is -2.39. The monoisotopic (exact) mass is 434 g/mol. The average Bonchev–Trinajstić information content (AvgIpc) is 3.16. The third-order valence-electron chi connectivity index (χ3n) is 7.07. The van der Waals surface area contributed by atoms with E-state index < -0.39 is 0 Å². The summed E-state index contributed by atoms with van der Waals surface area (Å²) in [7, 11) is 0. The van der Waals surface area contributed by atoms with Gasteiger partial charge in [-0.15, -0.1) is 0 Å². The van der Waals surface area contributed by atoms with E-state index in [4.69, 9.17) is 0 Å². The van der Waals surface area contributed by atoms with Crippen molar-refractivity contribution in [2.45, 2.75) is 162 Å². The zero-order valence-corrected chi connectivity index (χ0v) is 21.9. The maximum absolute atomic E-state index is 2.68. The minimum Gasteiger partial charge on any atom is -0.356 e. The SMILES string of the molecule is CCCCCCCCCCC1N(CCCCCC)C=CN1CCCCCCCCCC. The Morgan fingerprint density at radius 2 is 0.742 bits per heavy atom. The predicted octanol–water partition coefficient (Wildman–Crippen LogP) is 9.65. The number of nitrogens with zero attached hydrogens (tertiary/aromatic N) is 2. The Morgan fingerprint density at radius 3 is 1.16 bits per heavy atom. The van der Waals surface area contributed by atoms with Gasteiger partial charge in [0.05, 0.1) is 0 Å². The normalized spacial score (nSPS) is 16.0. The van der Waals surface area contributed by atoms with Crippen LogP contribution in [0.15, 0.2) is 12.4 Å². The van der Waals surface area contributed by atoms with Crippen LogP contribution < -0.4 is 0 Å². The maximum atomic E-state index is 2.68. The van der Waals surface area contributed by atoms with Gasteiger partial charge >= 0.3 is 0 Å². The highest BCUT2D eigenvalue weighted by molar-refractivity contribution is 4.97. The fraction of sp³-hybridized carbons (Fsp3) is 0.931. The molecule has 184 valence electrons. The maximum Gasteiger partial charge on any atom is 0.101 e. The highest BCUT2D eigenvalue weighted by Crippen LogP contribution is 2.23. The van der Waals surface area contributed by atoms with Crippen LogP contribution in [0.3, 0.4) is 0 Å². The molecule has 0 aromatic rings. The lowest BCUT2D eigenvalue weighted by atomic mass is 10.1. The average molecular weight is 435 g/mol. The molecule has 1 aliphatic rings. The quantitative estimate of drug-likeness (QED) is 0.148. The van der Waals surface area contributed by atoms with Crippen LogP contribution in [0.2, 0.25) is 0 Å². The first-order chi connectivity index (χ1) is 15.3. The molecule has 0 saturated carbocycles. The number of hydrogen-bond donors (Lipinski definition) is 0. The van der Waals surface area contributed by atoms with Crippen molar-refractivity contribution in [2.75, 3.05) is 13.1 Å². The van der Waals surface area contributed by atoms with Gasteiger partial charge in [-0.3, -0.25) is 0 Å². The van der Waals surface area contributed by atoms with E-state index in [-0.39, 0.29) is 0 Å². The van der Waals surface area contributed by atoms with Crippen molar-refractivity contribution in [1.29, 1.82) is 0 Å². The van der Waals surface area contributed by atoms with Crippen LogP contribution in [0, 0.1) is 0 Å². The predicted molar refractivity (Wildman–Crippen MR) is 140 cm³/mol. The summed E-state index contributed by atoms with van der Waals surface area (Å²) in [5.41, 5.74) is 0. The summed E-state index contributed by atoms with van der Waals surface area (Å²) in [6.07, 6.45) is 35.0. The van der Waals surface area contributed by atoms with E-state index in [9.17, 15) is 0 Å². The second-order valence-electron chi connectivity index (χ2n) is 10.1. The van der Waals surface area contributed by atoms with Crippen molar-refractivity contribution in [1.82, 2.24) is 9.80 Å². The molecule has 31 heavy (non-hydrogen) atoms. The second-order valence-corrected chi connectivity index (χ2v) is 10.1. The van der Waals surface area contributed by atoms with Gasteiger partial charge in [0.2, 0.25) is 0 Å². The van der Waals surface area contributed by atoms with Gasteiger partial charge in [-0.25, -0.2) is 0 Å². The molecule has 0 fully saturated rings. The Labute approximate surface area is 197 Å². The Balaban J connectivity index is 2.26. The third kappa shape index (κ3) is 14.9. The van der Waals surface area contributed by atoms with Crippen molar-refractivity contribution in [3.05, 3.63) is 12.4 Å². The Morgan fingerprint density at radius 1 is 0.419 bits per heavy atom. The first kappa shape index (κ1) is 28.4. The topological polar surface area (TPSA) is 6.48 Å². The fourth-order valence-corrected chi connectivity index (χ4v) is 4.95. The summed E-state index contributed by atoms with van der Waals surface area (Å²) < 4.78 is 0. The molecule has 0 aliphatic carbocycles. The van der Waals surface area contributed by atoms with Crippen molar-refractivity contribution >= 4 is 0 Å². The molecule has 1 unspecified atom stereocenters. The molecule has 0 aromatic carbocycles. The summed E-state index contributed by atoms with van der Waals surface area (Å²) >= 11 is 0. The minimum absolute atomic E-state index is 0.645. The lowest BCUT2D eigenvalue weighted by Gasteiger charge is -2.33. The second kappa shape index (κ2) is 21.2. The van der Waals surface area contributed by atoms with E-state index in [0.717, 1.165) is 0 Å². The van der Waals surface area contributed by atoms with Crippen LogP contribution in [-0.4, -0.2) is 29.1 Å². The van der Waals surface area contributed by atoms with Crippen LogP contribution in [0.5, 0.6) is 0 Å². The van der Waals surface area contributed by atoms with E-state index >= 15 is 0 Å². The smallest absolute Gasteiger partial charge is 0.101 e. The van der Waals surface area contributed by atoms with Gasteiger partial charge in [0.15, 0.2) is 0 Å². The van der Waals surface area contributed by atoms with Crippen molar-refractivity contribution in [3.63, 3.8) is 0 Å². The van der Waals surface area contributed by atoms with Gasteiger partial charge in [-0.05, 0) is 25.7 Å². The molecule has 0 radical (unpaired) electrons. The van der Waals surface area contributed by atoms with Crippen molar-refractivity contribution in [3.8, 4) is 0 Å². The van der Waals surface area contributed by atoms with Gasteiger partial charge in [-0.1, -0.05) is 130 Å². The summed E-state index contributed by atoms with van der Waals surface area (Å²) in [6.45, 7) is 9.45. The summed E-state index contributed by atoms with van der Waals surface area (Å²) in [4.78, 5) is 5.35. The van der Waals surface area contributed by atoms with Crippen LogP contribution >= 0.6 is 0 Å². The summed E-state index contributed by atoms with van der Waals surface area (Å²) in [5, 5.41) is 0. The number of unbranched alkanes of at least 4 members (excludes halogenated alkanes) is 17. The van der Waals surface area contributed by atoms with Crippen molar-refractivity contribution in [2.24, 2.45) is 0 Å². The Kier molecular flexibility index (Phi) is 19.4. The highest BCUT2D eigenvalue weighted by Gasteiger charge is 2.24. The first-order valence-electron chi connectivity index (χ1n) is 14.5. The minimum atomic E-state index is 0.645. The first-order valence-corrected chi connectivity index (χ1v) is 14.5. The molecule has 0 bridgehead atoms. The molecule has 2 nitrogen and oxygen atoms in total. The molecular formula is C29H58N2. The molecule has 0 aromatic heterocycles. The Bertz CT molecular complexity index is 392. The molecular weight excluding hydrogens is 376 g/mol. The molecule has 0 spiro atoms. The van der Waals surface area contributed by atoms with E-state index in [0.29, 0.717) is 6.17 Å². The van der Waals surface area contributed by atoms with Crippen LogP contribution in [0.4, 0.5) is 0 Å². The van der Waals surface area contributed by atoms with Gasteiger partial charge in [0.25, 0.3) is 0 Å². The molecule has 1 aliphatic heterocycles. The zero-order chi connectivity index (χ0) is 22.4. The van der Waals surface area contributed by atoms with Gasteiger partial charge < -0.3 is 9.80 Å². The highest BCUT2D eigenvalue weighted by atomic mass is 15.4. The summed E-state index contributed by atoms with van der Waals surface area (Å²) in [6, 6.07) is 0. The standard InChI is InChI=1S/C29H58N2/c1-4-7-10-13-15-17-19-21-24-29-30(25-22-12-9-6-3)27-28-31(29)26-23-20-18-16-14-11-8-5-2/h27-29H,4-26H2,1-3H3. The van der Waals surface area contributed by atoms with E-state index in [1.165, 1.54) is 148 Å². The van der Waals surface area contributed by atoms with Crippen molar-refractivity contribution < 1.29 is 0 Å². The van der Waals surface area contributed by atoms with Gasteiger partial charge in [0.1, 0.15) is 6.17 Å². The fourth-order valence-electron chi connectivity index (χ4n) is 4.95. The Hall–Kier alpha value is -0.660. The van der Waals surface area contributed by atoms with Gasteiger partial charge in [-0.2, -0.15) is 0 Å². The van der Waals surface area contributed by atoms with Crippen LogP contribution in [0.1, 0.15) is 156 Å². The summed E-state index contributed by atoms with van der Waals surface area (Å²) in [5.74, 6) is 0. The van der Waals surface area contributed by atoms with Crippen LogP contribution in [0.25, 0.3) is 0 Å². The molecule has 1 heterocycles. The third-order valence-corrected chi connectivity index (χ3v) is 7.07. The largest absolute Gasteiger partial charge is 0.356 e.